The van der Waals surface area contributed by atoms with E-state index in [1.165, 1.54) is 11.9 Å². The summed E-state index contributed by atoms with van der Waals surface area (Å²) < 4.78 is 15.0. The summed E-state index contributed by atoms with van der Waals surface area (Å²) in [4.78, 5) is 2.21. The molecule has 0 saturated heterocycles. The zero-order valence-electron chi connectivity index (χ0n) is 11.4. The molecular formula is C14H18N2O2S. The molecular weight excluding hydrogens is 260 g/mol. The molecule has 102 valence electrons. The van der Waals surface area contributed by atoms with Gasteiger partial charge in [0.05, 0.1) is 14.2 Å². The van der Waals surface area contributed by atoms with Crippen molar-refractivity contribution < 1.29 is 9.47 Å². The first kappa shape index (κ1) is 13.8. The minimum Gasteiger partial charge on any atom is -0.497 e. The van der Waals surface area contributed by atoms with Gasteiger partial charge in [-0.05, 0) is 24.5 Å². The Kier molecular flexibility index (Phi) is 4.74. The van der Waals surface area contributed by atoms with Crippen LogP contribution in [0, 0.1) is 0 Å². The van der Waals surface area contributed by atoms with Crippen LogP contribution in [0.4, 0.5) is 0 Å². The minimum atomic E-state index is 0.771. The Morgan fingerprint density at radius 2 is 2.16 bits per heavy atom. The van der Waals surface area contributed by atoms with Crippen LogP contribution >= 0.6 is 11.9 Å². The van der Waals surface area contributed by atoms with E-state index >= 15 is 0 Å². The lowest BCUT2D eigenvalue weighted by molar-refractivity contribution is 0.380. The number of rotatable bonds is 4. The highest BCUT2D eigenvalue weighted by molar-refractivity contribution is 8.01. The molecule has 2 rings (SSSR count). The molecule has 5 heteroatoms. The highest BCUT2D eigenvalue weighted by Crippen LogP contribution is 2.26. The molecule has 1 aliphatic rings. The summed E-state index contributed by atoms with van der Waals surface area (Å²) in [5.41, 5.74) is 1.12. The molecule has 0 radical (unpaired) electrons. The summed E-state index contributed by atoms with van der Waals surface area (Å²) in [7, 11) is 3.33. The van der Waals surface area contributed by atoms with Crippen LogP contribution in [0.2, 0.25) is 0 Å². The standard InChI is InChI=1S/C14H18N2O2S/c1-11-15-19-8-4-7-16(11)10-12-5-6-13(17-2)9-14(12)18-3/h4-6,8-9H,7,10H2,1-3H3. The Morgan fingerprint density at radius 1 is 1.32 bits per heavy atom. The van der Waals surface area contributed by atoms with Crippen molar-refractivity contribution in [3.8, 4) is 11.5 Å². The Morgan fingerprint density at radius 3 is 2.89 bits per heavy atom. The Balaban J connectivity index is 2.20. The molecule has 0 aliphatic carbocycles. The summed E-state index contributed by atoms with van der Waals surface area (Å²) in [5.74, 6) is 2.67. The van der Waals surface area contributed by atoms with Crippen molar-refractivity contribution in [2.45, 2.75) is 13.5 Å². The Labute approximate surface area is 118 Å². The van der Waals surface area contributed by atoms with E-state index < -0.39 is 0 Å². The highest BCUT2D eigenvalue weighted by Gasteiger charge is 2.12. The minimum absolute atomic E-state index is 0.771. The quantitative estimate of drug-likeness (QED) is 0.793. The van der Waals surface area contributed by atoms with Gasteiger partial charge in [0.1, 0.15) is 17.3 Å². The van der Waals surface area contributed by atoms with Crippen molar-refractivity contribution in [1.29, 1.82) is 0 Å². The first-order valence-corrected chi connectivity index (χ1v) is 6.89. The van der Waals surface area contributed by atoms with Crippen LogP contribution in [0.5, 0.6) is 11.5 Å². The van der Waals surface area contributed by atoms with Gasteiger partial charge in [0.2, 0.25) is 0 Å². The van der Waals surface area contributed by atoms with Crippen LogP contribution in [-0.4, -0.2) is 31.5 Å². The maximum atomic E-state index is 5.43. The second-order valence-corrected chi connectivity index (χ2v) is 4.84. The average Bonchev–Trinajstić information content (AvgIpc) is 2.64. The number of ether oxygens (including phenoxy) is 2. The van der Waals surface area contributed by atoms with E-state index in [1.807, 2.05) is 30.5 Å². The Hall–Kier alpha value is -1.62. The zero-order valence-corrected chi connectivity index (χ0v) is 12.2. The van der Waals surface area contributed by atoms with E-state index in [0.29, 0.717) is 0 Å². The second-order valence-electron chi connectivity index (χ2n) is 4.17. The molecule has 1 aliphatic heterocycles. The van der Waals surface area contributed by atoms with Crippen molar-refractivity contribution in [1.82, 2.24) is 4.90 Å². The molecule has 0 unspecified atom stereocenters. The van der Waals surface area contributed by atoms with Gasteiger partial charge in [-0.2, -0.15) is 4.40 Å². The van der Waals surface area contributed by atoms with E-state index in [4.69, 9.17) is 9.47 Å². The number of nitrogens with zero attached hydrogens (tertiary/aromatic N) is 2. The van der Waals surface area contributed by atoms with Crippen LogP contribution in [0.15, 0.2) is 34.1 Å². The molecule has 0 bridgehead atoms. The second kappa shape index (κ2) is 6.52. The largest absolute Gasteiger partial charge is 0.497 e. The number of hydrogen-bond acceptors (Lipinski definition) is 5. The molecule has 1 aromatic rings. The molecule has 1 aromatic carbocycles. The number of amidine groups is 1. The zero-order chi connectivity index (χ0) is 13.7. The van der Waals surface area contributed by atoms with Crippen molar-refractivity contribution in [3.63, 3.8) is 0 Å². The molecule has 0 N–H and O–H groups in total. The van der Waals surface area contributed by atoms with E-state index in [9.17, 15) is 0 Å². The van der Waals surface area contributed by atoms with Gasteiger partial charge in [0.15, 0.2) is 0 Å². The van der Waals surface area contributed by atoms with Gasteiger partial charge >= 0.3 is 0 Å². The average molecular weight is 278 g/mol. The van der Waals surface area contributed by atoms with Gasteiger partial charge in [-0.3, -0.25) is 0 Å². The predicted octanol–water partition coefficient (Wildman–Crippen LogP) is 3.10. The first-order valence-electron chi connectivity index (χ1n) is 6.06. The summed E-state index contributed by atoms with van der Waals surface area (Å²) in [6, 6.07) is 5.89. The van der Waals surface area contributed by atoms with E-state index in [2.05, 4.69) is 15.4 Å². The third kappa shape index (κ3) is 3.44. The van der Waals surface area contributed by atoms with Gasteiger partial charge in [-0.1, -0.05) is 6.08 Å². The van der Waals surface area contributed by atoms with Crippen LogP contribution in [0.3, 0.4) is 0 Å². The maximum absolute atomic E-state index is 5.43. The van der Waals surface area contributed by atoms with Crippen molar-refractivity contribution in [3.05, 3.63) is 35.2 Å². The number of hydrogen-bond donors (Lipinski definition) is 0. The first-order chi connectivity index (χ1) is 9.24. The smallest absolute Gasteiger partial charge is 0.127 e. The molecule has 0 atom stereocenters. The fourth-order valence-corrected chi connectivity index (χ4v) is 2.38. The lowest BCUT2D eigenvalue weighted by Gasteiger charge is -2.22. The van der Waals surface area contributed by atoms with E-state index in [0.717, 1.165) is 36.0 Å². The molecule has 0 saturated carbocycles. The summed E-state index contributed by atoms with van der Waals surface area (Å²) in [5, 5.41) is 2.01. The number of benzene rings is 1. The van der Waals surface area contributed by atoms with Crippen molar-refractivity contribution in [2.24, 2.45) is 4.40 Å². The normalized spacial score (nSPS) is 14.9. The Bertz CT molecular complexity index is 500. The van der Waals surface area contributed by atoms with Crippen LogP contribution in [0.25, 0.3) is 0 Å². The molecule has 0 amide bonds. The highest BCUT2D eigenvalue weighted by atomic mass is 32.2. The van der Waals surface area contributed by atoms with Gasteiger partial charge in [-0.25, -0.2) is 0 Å². The summed E-state index contributed by atoms with van der Waals surface area (Å²) in [6.45, 7) is 3.65. The summed E-state index contributed by atoms with van der Waals surface area (Å²) >= 11 is 1.47. The molecule has 0 spiro atoms. The van der Waals surface area contributed by atoms with Crippen LogP contribution in [-0.2, 0) is 6.54 Å². The molecule has 0 aromatic heterocycles. The SMILES string of the molecule is COc1ccc(CN2CC=CSN=C2C)c(OC)c1. The fourth-order valence-electron chi connectivity index (χ4n) is 1.88. The molecule has 1 heterocycles. The monoisotopic (exact) mass is 278 g/mol. The van der Waals surface area contributed by atoms with E-state index in [-0.39, 0.29) is 0 Å². The third-order valence-electron chi connectivity index (χ3n) is 2.98. The van der Waals surface area contributed by atoms with Gasteiger partial charge in [-0.15, -0.1) is 0 Å². The van der Waals surface area contributed by atoms with Gasteiger partial charge < -0.3 is 14.4 Å². The van der Waals surface area contributed by atoms with Crippen LogP contribution < -0.4 is 9.47 Å². The fraction of sp³-hybridized carbons (Fsp3) is 0.357. The van der Waals surface area contributed by atoms with Crippen LogP contribution in [0.1, 0.15) is 12.5 Å². The van der Waals surface area contributed by atoms with Crippen molar-refractivity contribution in [2.75, 3.05) is 20.8 Å². The topological polar surface area (TPSA) is 34.1 Å². The maximum Gasteiger partial charge on any atom is 0.127 e. The third-order valence-corrected chi connectivity index (χ3v) is 3.66. The lowest BCUT2D eigenvalue weighted by Crippen LogP contribution is -2.28. The molecule has 4 nitrogen and oxygen atoms in total. The predicted molar refractivity (Wildman–Crippen MR) is 79.8 cm³/mol. The lowest BCUT2D eigenvalue weighted by atomic mass is 10.1. The van der Waals surface area contributed by atoms with Gasteiger partial charge in [0, 0.05) is 36.7 Å². The summed E-state index contributed by atoms with van der Waals surface area (Å²) in [6.07, 6.45) is 2.11. The van der Waals surface area contributed by atoms with Gasteiger partial charge in [0.25, 0.3) is 0 Å². The molecule has 0 fully saturated rings. The van der Waals surface area contributed by atoms with Crippen molar-refractivity contribution >= 4 is 17.8 Å². The van der Waals surface area contributed by atoms with E-state index in [1.54, 1.807) is 14.2 Å². The molecule has 19 heavy (non-hydrogen) atoms. The number of methoxy groups -OCH3 is 2.